The molecule has 4 rings (SSSR count). The lowest BCUT2D eigenvalue weighted by Crippen LogP contribution is -2.29. The molecule has 164 valence electrons. The first-order valence-electron chi connectivity index (χ1n) is 10.1. The number of aryl methyl sites for hydroxylation is 2. The van der Waals surface area contributed by atoms with Gasteiger partial charge in [-0.15, -0.1) is 11.3 Å². The quantitative estimate of drug-likeness (QED) is 0.338. The van der Waals surface area contributed by atoms with Gasteiger partial charge < -0.3 is 9.84 Å². The average Bonchev–Trinajstić information content (AvgIpc) is 3.24. The van der Waals surface area contributed by atoms with Crippen LogP contribution < -0.4 is 9.64 Å². The Hall–Kier alpha value is -3.52. The summed E-state index contributed by atoms with van der Waals surface area (Å²) in [6.45, 7) is 5.98. The smallest absolute Gasteiger partial charge is 0.301 e. The maximum absolute atomic E-state index is 14.9. The Balaban J connectivity index is 1.91. The monoisotopic (exact) mass is 452 g/mol. The number of hydrogen-bond acceptors (Lipinski definition) is 6. The minimum absolute atomic E-state index is 0.102. The Morgan fingerprint density at radius 2 is 1.84 bits per heavy atom. The highest BCUT2D eigenvalue weighted by Crippen LogP contribution is 2.44. The van der Waals surface area contributed by atoms with E-state index in [-0.39, 0.29) is 22.0 Å². The van der Waals surface area contributed by atoms with Crippen molar-refractivity contribution >= 4 is 33.9 Å². The lowest BCUT2D eigenvalue weighted by atomic mass is 9.95. The second-order valence-corrected chi connectivity index (χ2v) is 8.47. The molecule has 1 aliphatic heterocycles. The molecule has 1 amide bonds. The predicted octanol–water partition coefficient (Wildman–Crippen LogP) is 4.92. The van der Waals surface area contributed by atoms with E-state index in [0.29, 0.717) is 23.6 Å². The number of anilines is 1. The molecule has 2 heterocycles. The number of aromatic nitrogens is 1. The standard InChI is InChI=1S/C24H21FN2O4S/c1-4-31-16-11-9-15(10-12-16)21(28)19-20(17-7-5-6-8-18(17)25)27(23(30)22(19)29)24-26-13(2)14(3)32-24/h5-12,20,28H,4H2,1-3H3/b21-19+/t20-/m1/s1. The average molecular weight is 453 g/mol. The van der Waals surface area contributed by atoms with Gasteiger partial charge in [-0.3, -0.25) is 14.5 Å². The van der Waals surface area contributed by atoms with E-state index in [2.05, 4.69) is 4.98 Å². The molecular formula is C24H21FN2O4S. The van der Waals surface area contributed by atoms with E-state index in [9.17, 15) is 19.1 Å². The van der Waals surface area contributed by atoms with Gasteiger partial charge in [0.15, 0.2) is 5.13 Å². The highest BCUT2D eigenvalue weighted by atomic mass is 32.1. The Morgan fingerprint density at radius 1 is 1.16 bits per heavy atom. The van der Waals surface area contributed by atoms with Crippen molar-refractivity contribution in [1.82, 2.24) is 4.98 Å². The van der Waals surface area contributed by atoms with E-state index in [1.54, 1.807) is 37.3 Å². The normalized spacial score (nSPS) is 17.8. The van der Waals surface area contributed by atoms with Crippen molar-refractivity contribution in [2.45, 2.75) is 26.8 Å². The number of aliphatic hydroxyl groups is 1. The van der Waals surface area contributed by atoms with Crippen molar-refractivity contribution in [1.29, 1.82) is 0 Å². The number of aliphatic hydroxyl groups excluding tert-OH is 1. The van der Waals surface area contributed by atoms with Gasteiger partial charge in [0.05, 0.1) is 17.9 Å². The molecule has 0 radical (unpaired) electrons. The van der Waals surface area contributed by atoms with Crippen LogP contribution in [0.4, 0.5) is 9.52 Å². The summed E-state index contributed by atoms with van der Waals surface area (Å²) in [6, 6.07) is 11.2. The third-order valence-corrected chi connectivity index (χ3v) is 6.38. The van der Waals surface area contributed by atoms with E-state index < -0.39 is 23.5 Å². The summed E-state index contributed by atoms with van der Waals surface area (Å²) >= 11 is 1.24. The molecule has 0 spiro atoms. The van der Waals surface area contributed by atoms with Crippen molar-refractivity contribution in [2.24, 2.45) is 0 Å². The maximum atomic E-state index is 14.9. The van der Waals surface area contributed by atoms with E-state index in [0.717, 1.165) is 4.88 Å². The fraction of sp³-hybridized carbons (Fsp3) is 0.208. The van der Waals surface area contributed by atoms with Crippen molar-refractivity contribution in [3.63, 3.8) is 0 Å². The van der Waals surface area contributed by atoms with Gasteiger partial charge in [0.2, 0.25) is 0 Å². The zero-order valence-corrected chi connectivity index (χ0v) is 18.6. The van der Waals surface area contributed by atoms with Gasteiger partial charge in [-0.2, -0.15) is 0 Å². The maximum Gasteiger partial charge on any atom is 0.301 e. The van der Waals surface area contributed by atoms with Gasteiger partial charge in [-0.1, -0.05) is 18.2 Å². The SMILES string of the molecule is CCOc1ccc(/C(O)=C2\C(=O)C(=O)N(c3nc(C)c(C)s3)[C@@H]2c2ccccc2F)cc1. The fourth-order valence-electron chi connectivity index (χ4n) is 3.61. The van der Waals surface area contributed by atoms with E-state index in [4.69, 9.17) is 4.74 Å². The first-order valence-corrected chi connectivity index (χ1v) is 10.9. The first-order chi connectivity index (χ1) is 15.3. The summed E-state index contributed by atoms with van der Waals surface area (Å²) < 4.78 is 20.3. The van der Waals surface area contributed by atoms with Crippen LogP contribution in [0.1, 0.15) is 34.7 Å². The summed E-state index contributed by atoms with van der Waals surface area (Å²) in [5, 5.41) is 11.4. The Morgan fingerprint density at radius 3 is 2.44 bits per heavy atom. The largest absolute Gasteiger partial charge is 0.507 e. The summed E-state index contributed by atoms with van der Waals surface area (Å²) in [5.74, 6) is -2.13. The Kier molecular flexibility index (Phi) is 5.80. The number of ketones is 1. The minimum Gasteiger partial charge on any atom is -0.507 e. The lowest BCUT2D eigenvalue weighted by Gasteiger charge is -2.23. The number of benzene rings is 2. The number of rotatable bonds is 5. The van der Waals surface area contributed by atoms with Gasteiger partial charge in [-0.25, -0.2) is 9.37 Å². The highest BCUT2D eigenvalue weighted by Gasteiger charge is 2.49. The number of amides is 1. The Labute approximate surface area is 188 Å². The zero-order valence-electron chi connectivity index (χ0n) is 17.8. The molecule has 3 aromatic rings. The number of nitrogens with zero attached hydrogens (tertiary/aromatic N) is 2. The number of carbonyl (C=O) groups is 2. The molecule has 0 saturated carbocycles. The van der Waals surface area contributed by atoms with Crippen LogP contribution in [-0.2, 0) is 9.59 Å². The van der Waals surface area contributed by atoms with Crippen LogP contribution in [0.5, 0.6) is 5.75 Å². The third-order valence-electron chi connectivity index (χ3n) is 5.31. The lowest BCUT2D eigenvalue weighted by molar-refractivity contribution is -0.132. The van der Waals surface area contributed by atoms with Crippen molar-refractivity contribution < 1.29 is 23.8 Å². The fourth-order valence-corrected chi connectivity index (χ4v) is 4.55. The molecule has 32 heavy (non-hydrogen) atoms. The van der Waals surface area contributed by atoms with Gasteiger partial charge >= 0.3 is 5.91 Å². The van der Waals surface area contributed by atoms with E-state index >= 15 is 0 Å². The van der Waals surface area contributed by atoms with Crippen LogP contribution in [0.2, 0.25) is 0 Å². The molecule has 8 heteroatoms. The molecule has 1 saturated heterocycles. The van der Waals surface area contributed by atoms with Crippen LogP contribution in [0.25, 0.3) is 5.76 Å². The highest BCUT2D eigenvalue weighted by molar-refractivity contribution is 7.16. The van der Waals surface area contributed by atoms with Gasteiger partial charge in [0.1, 0.15) is 23.4 Å². The second-order valence-electron chi connectivity index (χ2n) is 7.29. The van der Waals surface area contributed by atoms with Crippen LogP contribution in [-0.4, -0.2) is 28.4 Å². The molecule has 0 aliphatic carbocycles. The van der Waals surface area contributed by atoms with E-state index in [1.165, 1.54) is 34.4 Å². The Bertz CT molecular complexity index is 1210. The van der Waals surface area contributed by atoms with Crippen molar-refractivity contribution in [2.75, 3.05) is 11.5 Å². The number of ether oxygens (including phenoxy) is 1. The van der Waals surface area contributed by atoms with Crippen molar-refractivity contribution in [3.8, 4) is 5.75 Å². The summed E-state index contributed by atoms with van der Waals surface area (Å²) in [5.41, 5.74) is 0.949. The number of Topliss-reactive ketones (excluding diaryl/α,β-unsaturated/α-hetero) is 1. The summed E-state index contributed by atoms with van der Waals surface area (Å²) in [6.07, 6.45) is 0. The molecule has 0 bridgehead atoms. The molecular weight excluding hydrogens is 431 g/mol. The summed E-state index contributed by atoms with van der Waals surface area (Å²) in [4.78, 5) is 32.6. The van der Waals surface area contributed by atoms with Crippen LogP contribution in [0.3, 0.4) is 0 Å². The number of halogens is 1. The molecule has 1 fully saturated rings. The minimum atomic E-state index is -1.15. The molecule has 6 nitrogen and oxygen atoms in total. The van der Waals surface area contributed by atoms with Crippen LogP contribution >= 0.6 is 11.3 Å². The molecule has 1 atom stereocenters. The second kappa shape index (κ2) is 8.55. The molecule has 1 N–H and O–H groups in total. The molecule has 1 aromatic heterocycles. The predicted molar refractivity (Wildman–Crippen MR) is 120 cm³/mol. The number of hydrogen-bond donors (Lipinski definition) is 1. The number of thiazole rings is 1. The van der Waals surface area contributed by atoms with Crippen LogP contribution in [0.15, 0.2) is 54.1 Å². The molecule has 1 aliphatic rings. The van der Waals surface area contributed by atoms with Gasteiger partial charge in [0.25, 0.3) is 5.78 Å². The van der Waals surface area contributed by atoms with Gasteiger partial charge in [-0.05, 0) is 51.1 Å². The number of carbonyl (C=O) groups excluding carboxylic acids is 2. The summed E-state index contributed by atoms with van der Waals surface area (Å²) in [7, 11) is 0. The molecule has 2 aromatic carbocycles. The van der Waals surface area contributed by atoms with Crippen LogP contribution in [0, 0.1) is 19.7 Å². The topological polar surface area (TPSA) is 79.7 Å². The third kappa shape index (κ3) is 3.67. The first kappa shape index (κ1) is 21.7. The zero-order chi connectivity index (χ0) is 23.0. The molecule has 0 unspecified atom stereocenters. The van der Waals surface area contributed by atoms with E-state index in [1.807, 2.05) is 13.8 Å². The van der Waals surface area contributed by atoms with Gasteiger partial charge in [0, 0.05) is 16.0 Å². The van der Waals surface area contributed by atoms with Crippen molar-refractivity contribution in [3.05, 3.63) is 81.6 Å².